The zero-order valence-corrected chi connectivity index (χ0v) is 21.0. The molecule has 0 heterocycles. The minimum Gasteiger partial charge on any atom is -0.493 e. The molecule has 2 N–H and O–H groups in total. The summed E-state index contributed by atoms with van der Waals surface area (Å²) in [6.07, 6.45) is -0.811. The van der Waals surface area contributed by atoms with E-state index in [1.54, 1.807) is 37.3 Å². The molecule has 0 saturated heterocycles. The Bertz CT molecular complexity index is 1230. The van der Waals surface area contributed by atoms with Crippen LogP contribution in [0.2, 0.25) is 0 Å². The standard InChI is InChI=1S/C27H28N2O8/c1-5-36-27(32)37-21-11-9-18(10-12-21)26(31)29-20-8-6-7-17(13-20)16-28-25(30)19-14-22(33-2)24(35-4)23(15-19)34-3/h6-15H,5,16H2,1-4H3,(H,28,30)(H,29,31). The van der Waals surface area contributed by atoms with Gasteiger partial charge in [0, 0.05) is 23.4 Å². The summed E-state index contributed by atoms with van der Waals surface area (Å²) < 4.78 is 25.6. The van der Waals surface area contributed by atoms with Crippen molar-refractivity contribution in [1.29, 1.82) is 0 Å². The van der Waals surface area contributed by atoms with E-state index in [1.165, 1.54) is 45.6 Å². The van der Waals surface area contributed by atoms with Gasteiger partial charge < -0.3 is 34.3 Å². The van der Waals surface area contributed by atoms with E-state index in [9.17, 15) is 14.4 Å². The summed E-state index contributed by atoms with van der Waals surface area (Å²) in [5, 5.41) is 5.65. The van der Waals surface area contributed by atoms with Crippen LogP contribution >= 0.6 is 0 Å². The summed E-state index contributed by atoms with van der Waals surface area (Å²) in [4.78, 5) is 36.8. The SMILES string of the molecule is CCOC(=O)Oc1ccc(C(=O)Nc2cccc(CNC(=O)c3cc(OC)c(OC)c(OC)c3)c2)cc1. The first-order valence-corrected chi connectivity index (χ1v) is 11.3. The molecule has 194 valence electrons. The minimum atomic E-state index is -0.811. The zero-order valence-electron chi connectivity index (χ0n) is 21.0. The average Bonchev–Trinajstić information content (AvgIpc) is 2.91. The third kappa shape index (κ3) is 7.14. The molecule has 0 saturated carbocycles. The third-order valence-corrected chi connectivity index (χ3v) is 5.14. The maximum absolute atomic E-state index is 12.8. The minimum absolute atomic E-state index is 0.201. The van der Waals surface area contributed by atoms with Crippen molar-refractivity contribution >= 4 is 23.7 Å². The molecule has 0 bridgehead atoms. The fraction of sp³-hybridized carbons (Fsp3) is 0.222. The van der Waals surface area contributed by atoms with Crippen LogP contribution in [0.1, 0.15) is 33.2 Å². The number of rotatable bonds is 10. The molecule has 0 aliphatic heterocycles. The van der Waals surface area contributed by atoms with Crippen molar-refractivity contribution in [2.24, 2.45) is 0 Å². The molecule has 0 aliphatic carbocycles. The lowest BCUT2D eigenvalue weighted by molar-refractivity contribution is 0.0948. The van der Waals surface area contributed by atoms with Crippen LogP contribution in [0, 0.1) is 0 Å². The van der Waals surface area contributed by atoms with Gasteiger partial charge in [-0.05, 0) is 61.0 Å². The number of amides is 2. The number of benzene rings is 3. The van der Waals surface area contributed by atoms with Gasteiger partial charge in [0.25, 0.3) is 11.8 Å². The maximum atomic E-state index is 12.8. The fourth-order valence-corrected chi connectivity index (χ4v) is 3.38. The lowest BCUT2D eigenvalue weighted by atomic mass is 10.1. The molecule has 0 unspecified atom stereocenters. The Morgan fingerprint density at radius 3 is 2.05 bits per heavy atom. The predicted molar refractivity (Wildman–Crippen MR) is 136 cm³/mol. The molecule has 0 aliphatic rings. The number of hydrogen-bond donors (Lipinski definition) is 2. The van der Waals surface area contributed by atoms with E-state index in [1.807, 2.05) is 6.07 Å². The Labute approximate surface area is 214 Å². The smallest absolute Gasteiger partial charge is 0.493 e. The van der Waals surface area contributed by atoms with E-state index in [0.717, 1.165) is 5.56 Å². The van der Waals surface area contributed by atoms with Crippen LogP contribution in [-0.2, 0) is 11.3 Å². The Morgan fingerprint density at radius 1 is 0.784 bits per heavy atom. The number of anilines is 1. The molecule has 3 aromatic rings. The average molecular weight is 509 g/mol. The topological polar surface area (TPSA) is 121 Å². The summed E-state index contributed by atoms with van der Waals surface area (Å²) in [5.74, 6) is 0.723. The van der Waals surface area contributed by atoms with E-state index in [0.29, 0.717) is 34.1 Å². The molecular formula is C27H28N2O8. The second kappa shape index (κ2) is 12.8. The second-order valence-electron chi connectivity index (χ2n) is 7.56. The Kier molecular flexibility index (Phi) is 9.31. The van der Waals surface area contributed by atoms with Gasteiger partial charge >= 0.3 is 6.16 Å². The number of ether oxygens (including phenoxy) is 5. The zero-order chi connectivity index (χ0) is 26.8. The van der Waals surface area contributed by atoms with Gasteiger partial charge in [0.2, 0.25) is 5.75 Å². The Hall–Kier alpha value is -4.73. The highest BCUT2D eigenvalue weighted by molar-refractivity contribution is 6.04. The van der Waals surface area contributed by atoms with Gasteiger partial charge in [0.15, 0.2) is 11.5 Å². The van der Waals surface area contributed by atoms with Crippen molar-refractivity contribution in [2.45, 2.75) is 13.5 Å². The van der Waals surface area contributed by atoms with E-state index in [-0.39, 0.29) is 30.7 Å². The van der Waals surface area contributed by atoms with E-state index in [4.69, 9.17) is 23.7 Å². The van der Waals surface area contributed by atoms with E-state index < -0.39 is 6.16 Å². The quantitative estimate of drug-likeness (QED) is 0.305. The lowest BCUT2D eigenvalue weighted by Gasteiger charge is -2.14. The van der Waals surface area contributed by atoms with Crippen LogP contribution < -0.4 is 29.6 Å². The monoisotopic (exact) mass is 508 g/mol. The van der Waals surface area contributed by atoms with Gasteiger partial charge in [-0.25, -0.2) is 4.79 Å². The van der Waals surface area contributed by atoms with Crippen molar-refractivity contribution in [3.63, 3.8) is 0 Å². The highest BCUT2D eigenvalue weighted by Crippen LogP contribution is 2.38. The van der Waals surface area contributed by atoms with Crippen molar-refractivity contribution < 1.29 is 38.1 Å². The van der Waals surface area contributed by atoms with Crippen molar-refractivity contribution in [1.82, 2.24) is 5.32 Å². The van der Waals surface area contributed by atoms with Crippen LogP contribution in [0.4, 0.5) is 10.5 Å². The van der Waals surface area contributed by atoms with Gasteiger partial charge in [0.1, 0.15) is 5.75 Å². The molecule has 0 radical (unpaired) electrons. The van der Waals surface area contributed by atoms with Crippen molar-refractivity contribution in [3.8, 4) is 23.0 Å². The molecule has 2 amide bonds. The molecule has 3 rings (SSSR count). The summed E-state index contributed by atoms with van der Waals surface area (Å²) in [5.41, 5.74) is 2.04. The summed E-state index contributed by atoms with van der Waals surface area (Å²) in [6, 6.07) is 16.3. The van der Waals surface area contributed by atoms with Crippen LogP contribution in [0.25, 0.3) is 0 Å². The molecule has 0 aromatic heterocycles. The molecule has 0 fully saturated rings. The number of carbonyl (C=O) groups excluding carboxylic acids is 3. The lowest BCUT2D eigenvalue weighted by Crippen LogP contribution is -2.23. The van der Waals surface area contributed by atoms with Crippen LogP contribution in [0.5, 0.6) is 23.0 Å². The maximum Gasteiger partial charge on any atom is 0.513 e. The van der Waals surface area contributed by atoms with Gasteiger partial charge in [-0.15, -0.1) is 0 Å². The van der Waals surface area contributed by atoms with Crippen molar-refractivity contribution in [3.05, 3.63) is 77.4 Å². The van der Waals surface area contributed by atoms with E-state index >= 15 is 0 Å². The third-order valence-electron chi connectivity index (χ3n) is 5.14. The number of hydrogen-bond acceptors (Lipinski definition) is 8. The normalized spacial score (nSPS) is 10.2. The summed E-state index contributed by atoms with van der Waals surface area (Å²) >= 11 is 0. The first-order valence-electron chi connectivity index (χ1n) is 11.3. The Morgan fingerprint density at radius 2 is 1.46 bits per heavy atom. The summed E-state index contributed by atoms with van der Waals surface area (Å²) in [7, 11) is 4.44. The molecular weight excluding hydrogens is 480 g/mol. The molecule has 37 heavy (non-hydrogen) atoms. The summed E-state index contributed by atoms with van der Waals surface area (Å²) in [6.45, 7) is 2.10. The molecule has 3 aromatic carbocycles. The first kappa shape index (κ1) is 26.9. The van der Waals surface area contributed by atoms with Gasteiger partial charge in [0.05, 0.1) is 27.9 Å². The van der Waals surface area contributed by atoms with Crippen molar-refractivity contribution in [2.75, 3.05) is 33.3 Å². The van der Waals surface area contributed by atoms with Gasteiger partial charge in [-0.1, -0.05) is 12.1 Å². The van der Waals surface area contributed by atoms with Crippen LogP contribution in [-0.4, -0.2) is 45.9 Å². The number of nitrogens with one attached hydrogen (secondary N) is 2. The molecule has 10 heteroatoms. The highest BCUT2D eigenvalue weighted by Gasteiger charge is 2.17. The van der Waals surface area contributed by atoms with E-state index in [2.05, 4.69) is 10.6 Å². The first-order chi connectivity index (χ1) is 17.9. The van der Waals surface area contributed by atoms with Gasteiger partial charge in [-0.3, -0.25) is 9.59 Å². The highest BCUT2D eigenvalue weighted by atomic mass is 16.7. The number of carbonyl (C=O) groups is 3. The van der Waals surface area contributed by atoms with Crippen LogP contribution in [0.3, 0.4) is 0 Å². The second-order valence-corrected chi connectivity index (χ2v) is 7.56. The fourth-order valence-electron chi connectivity index (χ4n) is 3.38. The largest absolute Gasteiger partial charge is 0.513 e. The molecule has 0 atom stereocenters. The molecule has 0 spiro atoms. The number of methoxy groups -OCH3 is 3. The Balaban J connectivity index is 1.62. The predicted octanol–water partition coefficient (Wildman–Crippen LogP) is 4.43. The van der Waals surface area contributed by atoms with Crippen LogP contribution in [0.15, 0.2) is 60.7 Å². The molecule has 10 nitrogen and oxygen atoms in total. The van der Waals surface area contributed by atoms with Gasteiger partial charge in [-0.2, -0.15) is 0 Å².